The minimum Gasteiger partial charge on any atom is -0.470 e. The van der Waals surface area contributed by atoms with Gasteiger partial charge in [0.2, 0.25) is 0 Å². The van der Waals surface area contributed by atoms with E-state index >= 15 is 0 Å². The molecule has 0 aromatic rings. The summed E-state index contributed by atoms with van der Waals surface area (Å²) < 4.78 is 5.76. The van der Waals surface area contributed by atoms with Gasteiger partial charge in [0.1, 0.15) is 6.10 Å². The van der Waals surface area contributed by atoms with Crippen molar-refractivity contribution in [2.45, 2.75) is 33.3 Å². The Bertz CT molecular complexity index is 305. The smallest absolute Gasteiger partial charge is 0.194 e. The lowest BCUT2D eigenvalue weighted by molar-refractivity contribution is 0.219. The summed E-state index contributed by atoms with van der Waals surface area (Å²) in [5.41, 5.74) is 1.10. The Labute approximate surface area is 79.0 Å². The van der Waals surface area contributed by atoms with E-state index in [1.807, 2.05) is 12.2 Å². The molecule has 1 aliphatic heterocycles. The molecular weight excluding hydrogens is 162 g/mol. The molecule has 1 unspecified atom stereocenters. The molecule has 0 N–H and O–H groups in total. The van der Waals surface area contributed by atoms with Gasteiger partial charge in [0.15, 0.2) is 5.90 Å². The maximum Gasteiger partial charge on any atom is 0.194 e. The molecule has 1 atom stereocenters. The molecule has 0 aromatic heterocycles. The Morgan fingerprint density at radius 3 is 2.85 bits per heavy atom. The van der Waals surface area contributed by atoms with Crippen LogP contribution in [0.5, 0.6) is 0 Å². The molecule has 2 heteroatoms. The van der Waals surface area contributed by atoms with Crippen LogP contribution in [-0.4, -0.2) is 12.0 Å². The van der Waals surface area contributed by atoms with Crippen LogP contribution in [0.25, 0.3) is 0 Å². The van der Waals surface area contributed by atoms with Crippen molar-refractivity contribution >= 4 is 5.90 Å². The predicted molar refractivity (Wildman–Crippen MR) is 53.6 cm³/mol. The lowest BCUT2D eigenvalue weighted by Gasteiger charge is -2.19. The number of allylic oxidation sites excluding steroid dienone is 2. The van der Waals surface area contributed by atoms with E-state index in [1.165, 1.54) is 0 Å². The second-order valence-corrected chi connectivity index (χ2v) is 4.53. The average Bonchev–Trinajstić information content (AvgIpc) is 2.45. The largest absolute Gasteiger partial charge is 0.470 e. The van der Waals surface area contributed by atoms with E-state index in [0.29, 0.717) is 0 Å². The summed E-state index contributed by atoms with van der Waals surface area (Å²) in [6.45, 7) is 6.37. The van der Waals surface area contributed by atoms with Gasteiger partial charge in [-0.3, -0.25) is 0 Å². The van der Waals surface area contributed by atoms with Crippen LogP contribution in [0.2, 0.25) is 0 Å². The summed E-state index contributed by atoms with van der Waals surface area (Å²) in [6.07, 6.45) is 7.33. The first-order chi connectivity index (χ1) is 6.07. The number of hydrogen-bond donors (Lipinski definition) is 0. The molecule has 0 saturated carbocycles. The van der Waals surface area contributed by atoms with Crippen molar-refractivity contribution in [2.24, 2.45) is 10.4 Å². The van der Waals surface area contributed by atoms with Gasteiger partial charge in [-0.15, -0.1) is 0 Å². The van der Waals surface area contributed by atoms with Gasteiger partial charge >= 0.3 is 0 Å². The van der Waals surface area contributed by atoms with Crippen molar-refractivity contribution in [3.63, 3.8) is 0 Å². The fraction of sp³-hybridized carbons (Fsp3) is 0.545. The van der Waals surface area contributed by atoms with E-state index in [4.69, 9.17) is 4.74 Å². The number of nitrogens with zero attached hydrogens (tertiary/aromatic N) is 1. The Hall–Kier alpha value is -1.05. The molecular formula is C11H15NO. The van der Waals surface area contributed by atoms with E-state index in [9.17, 15) is 0 Å². The molecule has 0 bridgehead atoms. The first-order valence-corrected chi connectivity index (χ1v) is 4.70. The van der Waals surface area contributed by atoms with Gasteiger partial charge in [-0.1, -0.05) is 32.9 Å². The first-order valence-electron chi connectivity index (χ1n) is 4.70. The molecule has 2 rings (SSSR count). The van der Waals surface area contributed by atoms with Gasteiger partial charge in [0.05, 0.1) is 5.70 Å². The molecule has 1 heterocycles. The van der Waals surface area contributed by atoms with Crippen molar-refractivity contribution in [2.75, 3.05) is 0 Å². The minimum atomic E-state index is 0.0260. The number of hydrogen-bond acceptors (Lipinski definition) is 2. The highest BCUT2D eigenvalue weighted by molar-refractivity contribution is 5.84. The van der Waals surface area contributed by atoms with E-state index < -0.39 is 0 Å². The summed E-state index contributed by atoms with van der Waals surface area (Å²) in [6, 6.07) is 0. The highest BCUT2D eigenvalue weighted by Crippen LogP contribution is 2.30. The van der Waals surface area contributed by atoms with Crippen LogP contribution in [0, 0.1) is 5.41 Å². The molecule has 13 heavy (non-hydrogen) atoms. The van der Waals surface area contributed by atoms with Crippen molar-refractivity contribution < 1.29 is 4.74 Å². The standard InChI is InChI=1S/C11H15NO/c1-11(2,3)10-12-8-6-4-5-7-9(8)13-10/h4-6,9H,7H2,1-3H3. The van der Waals surface area contributed by atoms with Crippen LogP contribution in [0.1, 0.15) is 27.2 Å². The summed E-state index contributed by atoms with van der Waals surface area (Å²) in [5.74, 6) is 0.868. The third-order valence-electron chi connectivity index (χ3n) is 2.21. The molecule has 1 aliphatic carbocycles. The molecule has 0 radical (unpaired) electrons. The number of ether oxygens (including phenoxy) is 1. The summed E-state index contributed by atoms with van der Waals surface area (Å²) in [7, 11) is 0. The zero-order chi connectivity index (χ0) is 9.47. The molecule has 0 aromatic carbocycles. The van der Waals surface area contributed by atoms with Crippen LogP contribution in [-0.2, 0) is 4.74 Å². The number of rotatable bonds is 0. The predicted octanol–water partition coefficient (Wildman–Crippen LogP) is 2.67. The fourth-order valence-corrected chi connectivity index (χ4v) is 1.44. The molecule has 0 fully saturated rings. The van der Waals surface area contributed by atoms with Crippen LogP contribution in [0.4, 0.5) is 0 Å². The fourth-order valence-electron chi connectivity index (χ4n) is 1.44. The van der Waals surface area contributed by atoms with Crippen LogP contribution >= 0.6 is 0 Å². The lowest BCUT2D eigenvalue weighted by Crippen LogP contribution is -2.23. The van der Waals surface area contributed by atoms with E-state index in [0.717, 1.165) is 18.0 Å². The maximum atomic E-state index is 5.76. The Balaban J connectivity index is 2.25. The molecule has 2 nitrogen and oxygen atoms in total. The highest BCUT2D eigenvalue weighted by Gasteiger charge is 2.32. The summed E-state index contributed by atoms with van der Waals surface area (Å²) in [5, 5.41) is 0. The van der Waals surface area contributed by atoms with Crippen LogP contribution in [0.15, 0.2) is 28.9 Å². The highest BCUT2D eigenvalue weighted by atomic mass is 16.5. The SMILES string of the molecule is CC(C)(C)C1=NC2=CC=CCC2O1. The van der Waals surface area contributed by atoms with Crippen LogP contribution in [0.3, 0.4) is 0 Å². The van der Waals surface area contributed by atoms with E-state index in [-0.39, 0.29) is 11.5 Å². The van der Waals surface area contributed by atoms with Gasteiger partial charge in [0.25, 0.3) is 0 Å². The molecule has 0 saturated heterocycles. The number of fused-ring (bicyclic) bond motifs is 1. The van der Waals surface area contributed by atoms with Crippen molar-refractivity contribution in [1.82, 2.24) is 0 Å². The van der Waals surface area contributed by atoms with Crippen molar-refractivity contribution in [3.05, 3.63) is 23.9 Å². The Kier molecular flexibility index (Phi) is 1.79. The average molecular weight is 177 g/mol. The normalized spacial score (nSPS) is 26.2. The van der Waals surface area contributed by atoms with Gasteiger partial charge in [-0.25, -0.2) is 4.99 Å². The third kappa shape index (κ3) is 1.53. The van der Waals surface area contributed by atoms with Crippen molar-refractivity contribution in [3.8, 4) is 0 Å². The van der Waals surface area contributed by atoms with Gasteiger partial charge in [-0.2, -0.15) is 0 Å². The van der Waals surface area contributed by atoms with Gasteiger partial charge < -0.3 is 4.74 Å². The second kappa shape index (κ2) is 2.72. The van der Waals surface area contributed by atoms with Gasteiger partial charge in [0, 0.05) is 11.8 Å². The Morgan fingerprint density at radius 1 is 1.46 bits per heavy atom. The summed E-state index contributed by atoms with van der Waals surface area (Å²) >= 11 is 0. The quantitative estimate of drug-likeness (QED) is 0.557. The Morgan fingerprint density at radius 2 is 2.23 bits per heavy atom. The first kappa shape index (κ1) is 8.54. The topological polar surface area (TPSA) is 21.6 Å². The van der Waals surface area contributed by atoms with Crippen molar-refractivity contribution in [1.29, 1.82) is 0 Å². The second-order valence-electron chi connectivity index (χ2n) is 4.53. The zero-order valence-electron chi connectivity index (χ0n) is 8.37. The summed E-state index contributed by atoms with van der Waals surface area (Å²) in [4.78, 5) is 4.49. The number of aliphatic imine (C=N–C) groups is 1. The zero-order valence-corrected chi connectivity index (χ0v) is 8.37. The van der Waals surface area contributed by atoms with Gasteiger partial charge in [-0.05, 0) is 6.08 Å². The monoisotopic (exact) mass is 177 g/mol. The van der Waals surface area contributed by atoms with E-state index in [2.05, 4.69) is 31.8 Å². The molecule has 70 valence electrons. The lowest BCUT2D eigenvalue weighted by atomic mass is 9.97. The molecule has 0 spiro atoms. The van der Waals surface area contributed by atoms with E-state index in [1.54, 1.807) is 0 Å². The van der Waals surface area contributed by atoms with Crippen LogP contribution < -0.4 is 0 Å². The molecule has 0 amide bonds. The third-order valence-corrected chi connectivity index (χ3v) is 2.21. The molecule has 2 aliphatic rings. The maximum absolute atomic E-state index is 5.76. The minimum absolute atomic E-state index is 0.0260.